The smallest absolute Gasteiger partial charge is 0.275 e. The van der Waals surface area contributed by atoms with Crippen LogP contribution >= 0.6 is 0 Å². The monoisotopic (exact) mass is 256 g/mol. The first-order valence-electron chi connectivity index (χ1n) is 6.44. The molecule has 0 aliphatic heterocycles. The molecule has 0 saturated heterocycles. The lowest BCUT2D eigenvalue weighted by Crippen LogP contribution is -2.23. The zero-order chi connectivity index (χ0) is 13.4. The van der Waals surface area contributed by atoms with Gasteiger partial charge in [-0.3, -0.25) is 4.79 Å². The first kappa shape index (κ1) is 12.0. The van der Waals surface area contributed by atoms with Crippen molar-refractivity contribution in [2.24, 2.45) is 0 Å². The van der Waals surface area contributed by atoms with Crippen molar-refractivity contribution < 1.29 is 9.21 Å². The number of hydrogen-bond acceptors (Lipinski definition) is 3. The lowest BCUT2D eigenvalue weighted by Gasteiger charge is -2.07. The first-order valence-corrected chi connectivity index (χ1v) is 6.44. The van der Waals surface area contributed by atoms with Crippen LogP contribution in [0.5, 0.6) is 0 Å². The average molecular weight is 256 g/mol. The molecule has 1 aromatic heterocycles. The molecule has 1 aromatic carbocycles. The molecule has 1 aliphatic rings. The molecule has 0 N–H and O–H groups in total. The highest BCUT2D eigenvalue weighted by atomic mass is 16.4. The Bertz CT molecular complexity index is 598. The lowest BCUT2D eigenvalue weighted by atomic mass is 10.2. The SMILES string of the molecule is CN(C)C(=O)c1nc(-c2ccccc2)oc1C1CC1. The van der Waals surface area contributed by atoms with Crippen molar-refractivity contribution in [3.63, 3.8) is 0 Å². The Hall–Kier alpha value is -2.10. The molecule has 98 valence electrons. The Kier molecular flexibility index (Phi) is 2.85. The van der Waals surface area contributed by atoms with E-state index in [2.05, 4.69) is 4.98 Å². The minimum absolute atomic E-state index is 0.0900. The Balaban J connectivity index is 2.04. The number of benzene rings is 1. The van der Waals surface area contributed by atoms with Crippen molar-refractivity contribution in [3.8, 4) is 11.5 Å². The van der Waals surface area contributed by atoms with Crippen LogP contribution in [0.1, 0.15) is 35.0 Å². The third-order valence-corrected chi connectivity index (χ3v) is 3.23. The van der Waals surface area contributed by atoms with E-state index >= 15 is 0 Å². The molecule has 0 atom stereocenters. The summed E-state index contributed by atoms with van der Waals surface area (Å²) in [5.41, 5.74) is 1.37. The van der Waals surface area contributed by atoms with Gasteiger partial charge in [-0.15, -0.1) is 0 Å². The van der Waals surface area contributed by atoms with E-state index < -0.39 is 0 Å². The summed E-state index contributed by atoms with van der Waals surface area (Å²) in [5.74, 6) is 1.56. The van der Waals surface area contributed by atoms with Gasteiger partial charge in [0.25, 0.3) is 5.91 Å². The van der Waals surface area contributed by atoms with Crippen LogP contribution in [-0.4, -0.2) is 29.9 Å². The van der Waals surface area contributed by atoms with Crippen molar-refractivity contribution >= 4 is 5.91 Å². The van der Waals surface area contributed by atoms with Crippen molar-refractivity contribution in [2.75, 3.05) is 14.1 Å². The van der Waals surface area contributed by atoms with Crippen molar-refractivity contribution in [1.29, 1.82) is 0 Å². The van der Waals surface area contributed by atoms with Gasteiger partial charge in [-0.05, 0) is 25.0 Å². The summed E-state index contributed by atoms with van der Waals surface area (Å²) >= 11 is 0. The quantitative estimate of drug-likeness (QED) is 0.848. The lowest BCUT2D eigenvalue weighted by molar-refractivity contribution is 0.0820. The van der Waals surface area contributed by atoms with Crippen LogP contribution in [-0.2, 0) is 0 Å². The van der Waals surface area contributed by atoms with Gasteiger partial charge >= 0.3 is 0 Å². The van der Waals surface area contributed by atoms with E-state index in [-0.39, 0.29) is 5.91 Å². The third kappa shape index (κ3) is 2.26. The van der Waals surface area contributed by atoms with Gasteiger partial charge in [0, 0.05) is 25.6 Å². The van der Waals surface area contributed by atoms with Crippen LogP contribution in [0, 0.1) is 0 Å². The molecule has 1 aliphatic carbocycles. The molecule has 0 radical (unpaired) electrons. The van der Waals surface area contributed by atoms with E-state index in [1.54, 1.807) is 19.0 Å². The molecular formula is C15H16N2O2. The summed E-state index contributed by atoms with van der Waals surface area (Å²) in [6.07, 6.45) is 2.16. The van der Waals surface area contributed by atoms with Gasteiger partial charge in [-0.1, -0.05) is 18.2 Å². The van der Waals surface area contributed by atoms with E-state index in [9.17, 15) is 4.79 Å². The number of rotatable bonds is 3. The molecule has 4 heteroatoms. The molecule has 19 heavy (non-hydrogen) atoms. The number of carbonyl (C=O) groups is 1. The van der Waals surface area contributed by atoms with Crippen LogP contribution in [0.3, 0.4) is 0 Å². The van der Waals surface area contributed by atoms with Crippen LogP contribution in [0.2, 0.25) is 0 Å². The van der Waals surface area contributed by atoms with E-state index in [0.717, 1.165) is 24.2 Å². The summed E-state index contributed by atoms with van der Waals surface area (Å²) in [5, 5.41) is 0. The topological polar surface area (TPSA) is 46.3 Å². The highest BCUT2D eigenvalue weighted by Gasteiger charge is 2.34. The Labute approximate surface area is 112 Å². The summed E-state index contributed by atoms with van der Waals surface area (Å²) < 4.78 is 5.84. The minimum Gasteiger partial charge on any atom is -0.440 e. The fraction of sp³-hybridized carbons (Fsp3) is 0.333. The third-order valence-electron chi connectivity index (χ3n) is 3.23. The van der Waals surface area contributed by atoms with Crippen LogP contribution < -0.4 is 0 Å². The van der Waals surface area contributed by atoms with Gasteiger partial charge in [0.1, 0.15) is 5.76 Å². The fourth-order valence-electron chi connectivity index (χ4n) is 2.02. The van der Waals surface area contributed by atoms with Crippen molar-refractivity contribution in [1.82, 2.24) is 9.88 Å². The standard InChI is InChI=1S/C15H16N2O2/c1-17(2)15(18)12-13(10-8-9-10)19-14(16-12)11-6-4-3-5-7-11/h3-7,10H,8-9H2,1-2H3. The molecule has 1 fully saturated rings. The highest BCUT2D eigenvalue weighted by molar-refractivity contribution is 5.93. The molecular weight excluding hydrogens is 240 g/mol. The summed E-state index contributed by atoms with van der Waals surface area (Å²) in [7, 11) is 3.46. The van der Waals surface area contributed by atoms with Gasteiger partial charge in [0.2, 0.25) is 5.89 Å². The maximum absolute atomic E-state index is 12.1. The summed E-state index contributed by atoms with van der Waals surface area (Å²) in [6, 6.07) is 9.69. The Morgan fingerprint density at radius 1 is 1.26 bits per heavy atom. The van der Waals surface area contributed by atoms with Gasteiger partial charge in [-0.25, -0.2) is 4.98 Å². The molecule has 1 amide bonds. The molecule has 0 bridgehead atoms. The molecule has 0 spiro atoms. The van der Waals surface area contributed by atoms with Crippen molar-refractivity contribution in [3.05, 3.63) is 41.8 Å². The number of aromatic nitrogens is 1. The summed E-state index contributed by atoms with van der Waals surface area (Å²) in [4.78, 5) is 18.1. The highest BCUT2D eigenvalue weighted by Crippen LogP contribution is 2.43. The van der Waals surface area contributed by atoms with Crippen LogP contribution in [0.15, 0.2) is 34.7 Å². The molecule has 2 aromatic rings. The largest absolute Gasteiger partial charge is 0.440 e. The molecule has 0 unspecified atom stereocenters. The second kappa shape index (κ2) is 4.53. The van der Waals surface area contributed by atoms with Gasteiger partial charge < -0.3 is 9.32 Å². The predicted octanol–water partition coefficient (Wildman–Crippen LogP) is 2.92. The van der Waals surface area contributed by atoms with Gasteiger partial charge in [0.05, 0.1) is 0 Å². The number of hydrogen-bond donors (Lipinski definition) is 0. The number of carbonyl (C=O) groups excluding carboxylic acids is 1. The zero-order valence-corrected chi connectivity index (χ0v) is 11.1. The van der Waals surface area contributed by atoms with Gasteiger partial charge in [-0.2, -0.15) is 0 Å². The molecule has 4 nitrogen and oxygen atoms in total. The number of nitrogens with zero attached hydrogens (tertiary/aromatic N) is 2. The fourth-order valence-corrected chi connectivity index (χ4v) is 2.02. The van der Waals surface area contributed by atoms with Crippen LogP contribution in [0.25, 0.3) is 11.5 Å². The second-order valence-corrected chi connectivity index (χ2v) is 5.07. The zero-order valence-electron chi connectivity index (χ0n) is 11.1. The number of oxazole rings is 1. The van der Waals surface area contributed by atoms with Gasteiger partial charge in [0.15, 0.2) is 5.69 Å². The van der Waals surface area contributed by atoms with E-state index in [1.807, 2.05) is 30.3 Å². The van der Waals surface area contributed by atoms with Crippen LogP contribution in [0.4, 0.5) is 0 Å². The maximum atomic E-state index is 12.1. The maximum Gasteiger partial charge on any atom is 0.275 e. The predicted molar refractivity (Wildman–Crippen MR) is 71.9 cm³/mol. The molecule has 3 rings (SSSR count). The Morgan fingerprint density at radius 3 is 2.53 bits per heavy atom. The summed E-state index contributed by atoms with van der Waals surface area (Å²) in [6.45, 7) is 0. The molecule has 1 heterocycles. The van der Waals surface area contributed by atoms with E-state index in [0.29, 0.717) is 17.5 Å². The number of amides is 1. The average Bonchev–Trinajstić information content (AvgIpc) is 3.18. The normalized spacial score (nSPS) is 14.4. The minimum atomic E-state index is -0.0900. The van der Waals surface area contributed by atoms with Crippen molar-refractivity contribution in [2.45, 2.75) is 18.8 Å². The molecule has 1 saturated carbocycles. The van der Waals surface area contributed by atoms with E-state index in [4.69, 9.17) is 4.42 Å². The second-order valence-electron chi connectivity index (χ2n) is 5.07. The van der Waals surface area contributed by atoms with E-state index in [1.165, 1.54) is 0 Å². The first-order chi connectivity index (χ1) is 9.16. The Morgan fingerprint density at radius 2 is 1.95 bits per heavy atom.